The minimum Gasteiger partial charge on any atom is -0.0654 e. The zero-order valence-corrected chi connectivity index (χ0v) is 8.23. The van der Waals surface area contributed by atoms with Crippen molar-refractivity contribution in [1.29, 1.82) is 0 Å². The fraction of sp³-hybridized carbons (Fsp3) is 0.909. The fourth-order valence-electron chi connectivity index (χ4n) is 1.42. The Morgan fingerprint density at radius 2 is 1.45 bits per heavy atom. The van der Waals surface area contributed by atoms with Crippen LogP contribution in [-0.2, 0) is 0 Å². The van der Waals surface area contributed by atoms with Gasteiger partial charge in [0.1, 0.15) is 0 Å². The third-order valence-electron chi connectivity index (χ3n) is 2.34. The van der Waals surface area contributed by atoms with Crippen LogP contribution in [-0.4, -0.2) is 0 Å². The lowest BCUT2D eigenvalue weighted by Gasteiger charge is -2.12. The molecule has 0 unspecified atom stereocenters. The van der Waals surface area contributed by atoms with Crippen LogP contribution in [0.25, 0.3) is 0 Å². The summed E-state index contributed by atoms with van der Waals surface area (Å²) in [6, 6.07) is 0. The van der Waals surface area contributed by atoms with Gasteiger partial charge >= 0.3 is 0 Å². The molecule has 0 heteroatoms. The highest BCUT2D eigenvalue weighted by Crippen LogP contribution is 2.18. The average Bonchev–Trinajstić information content (AvgIpc) is 2.05. The molecule has 0 saturated carbocycles. The summed E-state index contributed by atoms with van der Waals surface area (Å²) in [6.45, 7) is 8.52. The number of unbranched alkanes of at least 4 members (excludes halogenated alkanes) is 2. The minimum atomic E-state index is 0.912. The molecule has 0 spiro atoms. The summed E-state index contributed by atoms with van der Waals surface area (Å²) in [7, 11) is 0. The molecule has 67 valence electrons. The van der Waals surface area contributed by atoms with Crippen LogP contribution in [0.5, 0.6) is 0 Å². The molecule has 0 aliphatic rings. The summed E-state index contributed by atoms with van der Waals surface area (Å²) in [5, 5.41) is 0. The van der Waals surface area contributed by atoms with Crippen molar-refractivity contribution in [3.8, 4) is 0 Å². The van der Waals surface area contributed by atoms with Crippen LogP contribution in [0.2, 0.25) is 0 Å². The maximum atomic E-state index is 3.99. The van der Waals surface area contributed by atoms with E-state index in [2.05, 4.69) is 20.8 Å². The lowest BCUT2D eigenvalue weighted by atomic mass is 9.94. The molecule has 0 aromatic rings. The van der Waals surface area contributed by atoms with E-state index < -0.39 is 0 Å². The predicted molar refractivity (Wildman–Crippen MR) is 52.5 cm³/mol. The third-order valence-corrected chi connectivity index (χ3v) is 2.34. The highest BCUT2D eigenvalue weighted by molar-refractivity contribution is 4.60. The Balaban J connectivity index is 3.25. The molecule has 0 heterocycles. The average molecular weight is 155 g/mol. The Morgan fingerprint density at radius 3 is 1.73 bits per heavy atom. The Hall–Kier alpha value is 0. The van der Waals surface area contributed by atoms with Gasteiger partial charge in [0.2, 0.25) is 0 Å². The van der Waals surface area contributed by atoms with Crippen molar-refractivity contribution in [2.75, 3.05) is 0 Å². The van der Waals surface area contributed by atoms with E-state index in [1.165, 1.54) is 38.5 Å². The third kappa shape index (κ3) is 6.40. The van der Waals surface area contributed by atoms with Gasteiger partial charge in [0.25, 0.3) is 0 Å². The number of rotatable bonds is 7. The summed E-state index contributed by atoms with van der Waals surface area (Å²) < 4.78 is 0. The van der Waals surface area contributed by atoms with Crippen molar-refractivity contribution < 1.29 is 0 Å². The predicted octanol–water partition coefficient (Wildman–Crippen LogP) is 4.21. The molecule has 0 saturated heterocycles. The summed E-state index contributed by atoms with van der Waals surface area (Å²) in [5.74, 6) is 0.912. The zero-order valence-electron chi connectivity index (χ0n) is 8.23. The largest absolute Gasteiger partial charge is 0.0654 e. The molecule has 0 rings (SSSR count). The van der Waals surface area contributed by atoms with Crippen molar-refractivity contribution in [1.82, 2.24) is 0 Å². The number of hydrogen-bond donors (Lipinski definition) is 0. The molecule has 0 aliphatic heterocycles. The summed E-state index contributed by atoms with van der Waals surface area (Å²) in [5.41, 5.74) is 0. The fourth-order valence-corrected chi connectivity index (χ4v) is 1.42. The Labute approximate surface area is 72.4 Å². The van der Waals surface area contributed by atoms with Gasteiger partial charge in [-0.05, 0) is 5.92 Å². The van der Waals surface area contributed by atoms with Gasteiger partial charge in [-0.15, -0.1) is 0 Å². The Bertz CT molecular complexity index is 58.4. The monoisotopic (exact) mass is 155 g/mol. The molecule has 0 amide bonds. The SMILES string of the molecule is [CH2]CC(CCCC)CCCC. The smallest absolute Gasteiger partial charge is 0.0414 e. The van der Waals surface area contributed by atoms with Crippen molar-refractivity contribution in [3.63, 3.8) is 0 Å². The lowest BCUT2D eigenvalue weighted by Crippen LogP contribution is -1.98. The van der Waals surface area contributed by atoms with Crippen LogP contribution in [0.4, 0.5) is 0 Å². The van der Waals surface area contributed by atoms with Crippen LogP contribution >= 0.6 is 0 Å². The highest BCUT2D eigenvalue weighted by Gasteiger charge is 2.03. The Morgan fingerprint density at radius 1 is 1.00 bits per heavy atom. The molecule has 0 nitrogen and oxygen atoms in total. The summed E-state index contributed by atoms with van der Waals surface area (Å²) >= 11 is 0. The second kappa shape index (κ2) is 8.10. The summed E-state index contributed by atoms with van der Waals surface area (Å²) in [6.07, 6.45) is 9.40. The first-order valence-electron chi connectivity index (χ1n) is 5.14. The van der Waals surface area contributed by atoms with E-state index in [9.17, 15) is 0 Å². The van der Waals surface area contributed by atoms with Gasteiger partial charge < -0.3 is 0 Å². The molecule has 0 aromatic carbocycles. The van der Waals surface area contributed by atoms with E-state index in [1.54, 1.807) is 0 Å². The topological polar surface area (TPSA) is 0 Å². The van der Waals surface area contributed by atoms with E-state index in [0.29, 0.717) is 0 Å². The second-order valence-electron chi connectivity index (χ2n) is 3.44. The van der Waals surface area contributed by atoms with Gasteiger partial charge in [-0.2, -0.15) is 0 Å². The van der Waals surface area contributed by atoms with Crippen LogP contribution in [0.15, 0.2) is 0 Å². The van der Waals surface area contributed by atoms with Crippen molar-refractivity contribution in [2.24, 2.45) is 5.92 Å². The van der Waals surface area contributed by atoms with Gasteiger partial charge in [-0.1, -0.05) is 65.7 Å². The van der Waals surface area contributed by atoms with E-state index in [1.807, 2.05) is 0 Å². The lowest BCUT2D eigenvalue weighted by molar-refractivity contribution is 0.422. The van der Waals surface area contributed by atoms with Crippen LogP contribution < -0.4 is 0 Å². The molecule has 0 atom stereocenters. The van der Waals surface area contributed by atoms with E-state index >= 15 is 0 Å². The molecule has 0 N–H and O–H groups in total. The molecule has 0 aromatic heterocycles. The van der Waals surface area contributed by atoms with Gasteiger partial charge in [-0.3, -0.25) is 0 Å². The van der Waals surface area contributed by atoms with Gasteiger partial charge in [-0.25, -0.2) is 0 Å². The maximum Gasteiger partial charge on any atom is -0.0414 e. The standard InChI is InChI=1S/C11H23/c1-4-7-9-11(6-3)10-8-5-2/h11H,3-10H2,1-2H3. The van der Waals surface area contributed by atoms with E-state index in [0.717, 1.165) is 12.3 Å². The van der Waals surface area contributed by atoms with E-state index in [-0.39, 0.29) is 0 Å². The molecule has 1 radical (unpaired) electrons. The summed E-state index contributed by atoms with van der Waals surface area (Å²) in [4.78, 5) is 0. The zero-order chi connectivity index (χ0) is 8.53. The van der Waals surface area contributed by atoms with Gasteiger partial charge in [0.15, 0.2) is 0 Å². The molecule has 0 bridgehead atoms. The first-order chi connectivity index (χ1) is 5.35. The molecule has 0 aliphatic carbocycles. The maximum absolute atomic E-state index is 3.99. The van der Waals surface area contributed by atoms with Crippen LogP contribution in [0, 0.1) is 12.8 Å². The second-order valence-corrected chi connectivity index (χ2v) is 3.44. The number of hydrogen-bond acceptors (Lipinski definition) is 0. The van der Waals surface area contributed by atoms with Crippen molar-refractivity contribution >= 4 is 0 Å². The quantitative estimate of drug-likeness (QED) is 0.516. The van der Waals surface area contributed by atoms with Gasteiger partial charge in [0.05, 0.1) is 0 Å². The normalized spacial score (nSPS) is 10.9. The van der Waals surface area contributed by atoms with Crippen LogP contribution in [0.3, 0.4) is 0 Å². The molecule has 11 heavy (non-hydrogen) atoms. The first-order valence-corrected chi connectivity index (χ1v) is 5.14. The van der Waals surface area contributed by atoms with Crippen LogP contribution in [0.1, 0.15) is 58.8 Å². The van der Waals surface area contributed by atoms with E-state index in [4.69, 9.17) is 0 Å². The molecular weight excluding hydrogens is 132 g/mol. The minimum absolute atomic E-state index is 0.912. The molecule has 0 fully saturated rings. The highest BCUT2D eigenvalue weighted by atomic mass is 14.1. The van der Waals surface area contributed by atoms with Crippen molar-refractivity contribution in [3.05, 3.63) is 6.92 Å². The Kier molecular flexibility index (Phi) is 8.10. The molecular formula is C11H23. The van der Waals surface area contributed by atoms with Gasteiger partial charge in [0, 0.05) is 0 Å². The first kappa shape index (κ1) is 11.0. The van der Waals surface area contributed by atoms with Crippen molar-refractivity contribution in [2.45, 2.75) is 58.8 Å².